The van der Waals surface area contributed by atoms with E-state index in [9.17, 15) is 4.79 Å². The molecule has 0 saturated carbocycles. The Hall–Kier alpha value is -2.01. The Morgan fingerprint density at radius 3 is 2.75 bits per heavy atom. The first kappa shape index (κ1) is 14.4. The van der Waals surface area contributed by atoms with Crippen molar-refractivity contribution in [3.63, 3.8) is 0 Å². The number of methoxy groups -OCH3 is 1. The summed E-state index contributed by atoms with van der Waals surface area (Å²) in [6, 6.07) is 5.13. The standard InChI is InChI=1S/C14H14ClNO4/c1-8-13(9(2)20-16-8)14(17)19-7-10-6-11(15)4-5-12(10)18-3/h4-6H,7H2,1-3H3. The fourth-order valence-electron chi connectivity index (χ4n) is 1.85. The first-order chi connectivity index (χ1) is 9.52. The Bertz CT molecular complexity index is 617. The van der Waals surface area contributed by atoms with Gasteiger partial charge >= 0.3 is 5.97 Å². The van der Waals surface area contributed by atoms with Crippen molar-refractivity contribution in [2.75, 3.05) is 7.11 Å². The van der Waals surface area contributed by atoms with Gasteiger partial charge in [-0.3, -0.25) is 0 Å². The number of benzene rings is 1. The van der Waals surface area contributed by atoms with Crippen LogP contribution in [-0.4, -0.2) is 18.2 Å². The number of hydrogen-bond donors (Lipinski definition) is 0. The van der Waals surface area contributed by atoms with Gasteiger partial charge in [0.25, 0.3) is 0 Å². The van der Waals surface area contributed by atoms with Crippen LogP contribution in [0.15, 0.2) is 22.7 Å². The van der Waals surface area contributed by atoms with Gasteiger partial charge in [-0.25, -0.2) is 4.79 Å². The fourth-order valence-corrected chi connectivity index (χ4v) is 2.04. The first-order valence-electron chi connectivity index (χ1n) is 5.95. The van der Waals surface area contributed by atoms with Crippen LogP contribution >= 0.6 is 11.6 Å². The summed E-state index contributed by atoms with van der Waals surface area (Å²) in [4.78, 5) is 12.0. The molecule has 0 N–H and O–H groups in total. The van der Waals surface area contributed by atoms with Gasteiger partial charge in [0.05, 0.1) is 12.8 Å². The minimum absolute atomic E-state index is 0.0621. The Balaban J connectivity index is 2.13. The highest BCUT2D eigenvalue weighted by Crippen LogP contribution is 2.24. The van der Waals surface area contributed by atoms with Gasteiger partial charge in [0.2, 0.25) is 0 Å². The van der Waals surface area contributed by atoms with E-state index in [2.05, 4.69) is 5.16 Å². The van der Waals surface area contributed by atoms with E-state index in [1.165, 1.54) is 0 Å². The number of halogens is 1. The normalized spacial score (nSPS) is 10.4. The maximum Gasteiger partial charge on any atom is 0.344 e. The molecule has 0 aliphatic heterocycles. The SMILES string of the molecule is COc1ccc(Cl)cc1COC(=O)c1c(C)noc1C. The van der Waals surface area contributed by atoms with E-state index >= 15 is 0 Å². The van der Waals surface area contributed by atoms with Crippen molar-refractivity contribution in [3.8, 4) is 5.75 Å². The Morgan fingerprint density at radius 1 is 1.40 bits per heavy atom. The van der Waals surface area contributed by atoms with Gasteiger partial charge in [-0.05, 0) is 32.0 Å². The second kappa shape index (κ2) is 5.96. The smallest absolute Gasteiger partial charge is 0.344 e. The number of ether oxygens (including phenoxy) is 2. The number of esters is 1. The highest BCUT2D eigenvalue weighted by atomic mass is 35.5. The molecule has 0 radical (unpaired) electrons. The number of aryl methyl sites for hydroxylation is 2. The van der Waals surface area contributed by atoms with Crippen LogP contribution < -0.4 is 4.74 Å². The Labute approximate surface area is 121 Å². The maximum absolute atomic E-state index is 12.0. The molecule has 20 heavy (non-hydrogen) atoms. The Kier molecular flexibility index (Phi) is 4.29. The van der Waals surface area contributed by atoms with E-state index in [1.54, 1.807) is 39.2 Å². The zero-order chi connectivity index (χ0) is 14.7. The summed E-state index contributed by atoms with van der Waals surface area (Å²) in [6.07, 6.45) is 0. The molecule has 6 heteroatoms. The van der Waals surface area contributed by atoms with Crippen molar-refractivity contribution in [2.45, 2.75) is 20.5 Å². The van der Waals surface area contributed by atoms with Gasteiger partial charge in [0.15, 0.2) is 0 Å². The maximum atomic E-state index is 12.0. The molecule has 0 atom stereocenters. The predicted octanol–water partition coefficient (Wildman–Crippen LogP) is 3.31. The third kappa shape index (κ3) is 2.93. The minimum Gasteiger partial charge on any atom is -0.496 e. The largest absolute Gasteiger partial charge is 0.496 e. The van der Waals surface area contributed by atoms with Crippen LogP contribution in [0.25, 0.3) is 0 Å². The predicted molar refractivity (Wildman–Crippen MR) is 73.1 cm³/mol. The van der Waals surface area contributed by atoms with Crippen LogP contribution in [-0.2, 0) is 11.3 Å². The molecule has 0 unspecified atom stereocenters. The molecule has 0 spiro atoms. The molecule has 2 rings (SSSR count). The molecule has 5 nitrogen and oxygen atoms in total. The van der Waals surface area contributed by atoms with E-state index in [-0.39, 0.29) is 6.61 Å². The molecular formula is C14H14ClNO4. The minimum atomic E-state index is -0.483. The lowest BCUT2D eigenvalue weighted by molar-refractivity contribution is 0.0467. The number of carbonyl (C=O) groups is 1. The highest BCUT2D eigenvalue weighted by molar-refractivity contribution is 6.30. The van der Waals surface area contributed by atoms with Gasteiger partial charge < -0.3 is 14.0 Å². The second-order valence-electron chi connectivity index (χ2n) is 4.23. The van der Waals surface area contributed by atoms with Gasteiger partial charge in [0, 0.05) is 10.6 Å². The van der Waals surface area contributed by atoms with E-state index in [1.807, 2.05) is 0 Å². The van der Waals surface area contributed by atoms with E-state index < -0.39 is 5.97 Å². The Morgan fingerprint density at radius 2 is 2.15 bits per heavy atom. The van der Waals surface area contributed by atoms with Crippen molar-refractivity contribution >= 4 is 17.6 Å². The first-order valence-corrected chi connectivity index (χ1v) is 6.33. The van der Waals surface area contributed by atoms with Gasteiger partial charge in [-0.2, -0.15) is 0 Å². The van der Waals surface area contributed by atoms with Crippen molar-refractivity contribution in [1.82, 2.24) is 5.16 Å². The van der Waals surface area contributed by atoms with Gasteiger partial charge in [-0.1, -0.05) is 16.8 Å². The van der Waals surface area contributed by atoms with Gasteiger partial charge in [-0.15, -0.1) is 0 Å². The molecule has 0 bridgehead atoms. The van der Waals surface area contributed by atoms with Gasteiger partial charge in [0.1, 0.15) is 23.7 Å². The summed E-state index contributed by atoms with van der Waals surface area (Å²) in [5.74, 6) is 0.565. The molecule has 1 aromatic carbocycles. The molecule has 0 aliphatic rings. The lowest BCUT2D eigenvalue weighted by Crippen LogP contribution is -2.08. The summed E-state index contributed by atoms with van der Waals surface area (Å²) >= 11 is 5.92. The number of aromatic nitrogens is 1. The topological polar surface area (TPSA) is 61.6 Å². The molecule has 1 aromatic heterocycles. The molecular weight excluding hydrogens is 282 g/mol. The van der Waals surface area contributed by atoms with Crippen LogP contribution in [0, 0.1) is 13.8 Å². The highest BCUT2D eigenvalue weighted by Gasteiger charge is 2.19. The molecule has 0 saturated heterocycles. The lowest BCUT2D eigenvalue weighted by Gasteiger charge is -2.09. The molecule has 1 heterocycles. The van der Waals surface area contributed by atoms with Crippen molar-refractivity contribution in [3.05, 3.63) is 45.8 Å². The molecule has 0 amide bonds. The zero-order valence-corrected chi connectivity index (χ0v) is 12.2. The van der Waals surface area contributed by atoms with E-state index in [4.69, 9.17) is 25.6 Å². The average molecular weight is 296 g/mol. The van der Waals surface area contributed by atoms with Crippen molar-refractivity contribution < 1.29 is 18.8 Å². The second-order valence-corrected chi connectivity index (χ2v) is 4.67. The number of nitrogens with zero attached hydrogens (tertiary/aromatic N) is 1. The molecule has 2 aromatic rings. The summed E-state index contributed by atoms with van der Waals surface area (Å²) in [7, 11) is 1.54. The number of rotatable bonds is 4. The van der Waals surface area contributed by atoms with Crippen molar-refractivity contribution in [2.24, 2.45) is 0 Å². The van der Waals surface area contributed by atoms with Crippen LogP contribution in [0.2, 0.25) is 5.02 Å². The quantitative estimate of drug-likeness (QED) is 0.810. The number of hydrogen-bond acceptors (Lipinski definition) is 5. The lowest BCUT2D eigenvalue weighted by atomic mass is 10.2. The third-order valence-electron chi connectivity index (χ3n) is 2.84. The third-order valence-corrected chi connectivity index (χ3v) is 3.07. The number of carbonyl (C=O) groups excluding carboxylic acids is 1. The van der Waals surface area contributed by atoms with Crippen LogP contribution in [0.5, 0.6) is 5.75 Å². The fraction of sp³-hybridized carbons (Fsp3) is 0.286. The van der Waals surface area contributed by atoms with Crippen LogP contribution in [0.1, 0.15) is 27.4 Å². The summed E-state index contributed by atoms with van der Waals surface area (Å²) in [6.45, 7) is 3.41. The molecule has 106 valence electrons. The monoisotopic (exact) mass is 295 g/mol. The zero-order valence-electron chi connectivity index (χ0n) is 11.4. The van der Waals surface area contributed by atoms with Crippen LogP contribution in [0.4, 0.5) is 0 Å². The molecule has 0 aliphatic carbocycles. The average Bonchev–Trinajstić information content (AvgIpc) is 2.76. The summed E-state index contributed by atoms with van der Waals surface area (Å²) < 4.78 is 15.4. The summed E-state index contributed by atoms with van der Waals surface area (Å²) in [5.41, 5.74) is 1.55. The summed E-state index contributed by atoms with van der Waals surface area (Å²) in [5, 5.41) is 4.27. The van der Waals surface area contributed by atoms with Crippen LogP contribution in [0.3, 0.4) is 0 Å². The molecule has 0 fully saturated rings. The van der Waals surface area contributed by atoms with E-state index in [0.29, 0.717) is 33.4 Å². The van der Waals surface area contributed by atoms with E-state index in [0.717, 1.165) is 0 Å². The van der Waals surface area contributed by atoms with Crippen molar-refractivity contribution in [1.29, 1.82) is 0 Å².